The first-order valence-electron chi connectivity index (χ1n) is 9.12. The molecule has 0 aromatic heterocycles. The molecule has 0 heterocycles. The second-order valence-electron chi connectivity index (χ2n) is 5.17. The summed E-state index contributed by atoms with van der Waals surface area (Å²) in [4.78, 5) is 11.7. The molecular formula is C22H32O3. The number of phenolic OH excluding ortho intramolecular Hbond substituents is 1. The van der Waals surface area contributed by atoms with Gasteiger partial charge in [-0.1, -0.05) is 69.7 Å². The molecule has 2 rings (SSSR count). The van der Waals surface area contributed by atoms with Crippen molar-refractivity contribution in [2.45, 2.75) is 60.5 Å². The number of hydrogen-bond donors (Lipinski definition) is 1. The van der Waals surface area contributed by atoms with Gasteiger partial charge < -0.3 is 9.84 Å². The van der Waals surface area contributed by atoms with E-state index in [0.717, 1.165) is 18.4 Å². The molecule has 0 radical (unpaired) electrons. The van der Waals surface area contributed by atoms with E-state index in [4.69, 9.17) is 9.84 Å². The molecular weight excluding hydrogens is 312 g/mol. The number of rotatable bonds is 6. The number of hydrogen-bond acceptors (Lipinski definition) is 3. The second kappa shape index (κ2) is 14.1. The van der Waals surface area contributed by atoms with Gasteiger partial charge in [-0.15, -0.1) is 0 Å². The molecule has 0 saturated carbocycles. The zero-order chi connectivity index (χ0) is 19.1. The molecule has 0 fully saturated rings. The Labute approximate surface area is 152 Å². The Hall–Kier alpha value is -2.29. The maximum absolute atomic E-state index is 11.7. The van der Waals surface area contributed by atoms with Crippen molar-refractivity contribution < 1.29 is 14.6 Å². The summed E-state index contributed by atoms with van der Waals surface area (Å²) in [6.45, 7) is 10.3. The first-order chi connectivity index (χ1) is 12.1. The minimum absolute atomic E-state index is 0.185. The van der Waals surface area contributed by atoms with Crippen LogP contribution >= 0.6 is 0 Å². The van der Waals surface area contributed by atoms with E-state index in [2.05, 4.69) is 31.2 Å². The third-order valence-corrected chi connectivity index (χ3v) is 3.30. The molecule has 2 aromatic carbocycles. The maximum Gasteiger partial charge on any atom is 0.306 e. The van der Waals surface area contributed by atoms with Crippen molar-refractivity contribution in [2.24, 2.45) is 0 Å². The van der Waals surface area contributed by atoms with Gasteiger partial charge in [0.05, 0.1) is 0 Å². The lowest BCUT2D eigenvalue weighted by atomic mass is 10.1. The first-order valence-corrected chi connectivity index (χ1v) is 9.12. The fourth-order valence-corrected chi connectivity index (χ4v) is 2.02. The Morgan fingerprint density at radius 2 is 1.40 bits per heavy atom. The monoisotopic (exact) mass is 344 g/mol. The van der Waals surface area contributed by atoms with E-state index >= 15 is 0 Å². The van der Waals surface area contributed by atoms with E-state index in [9.17, 15) is 4.79 Å². The number of aromatic hydroxyl groups is 1. The summed E-state index contributed by atoms with van der Waals surface area (Å²) in [7, 11) is 0. The molecule has 0 unspecified atom stereocenters. The molecule has 0 aliphatic heterocycles. The minimum atomic E-state index is -0.185. The van der Waals surface area contributed by atoms with Crippen LogP contribution in [0.15, 0.2) is 48.5 Å². The highest BCUT2D eigenvalue weighted by molar-refractivity contribution is 5.69. The van der Waals surface area contributed by atoms with Crippen LogP contribution in [0.3, 0.4) is 0 Å². The van der Waals surface area contributed by atoms with Gasteiger partial charge in [0.15, 0.2) is 0 Å². The van der Waals surface area contributed by atoms with E-state index in [0.29, 0.717) is 6.42 Å². The quantitative estimate of drug-likeness (QED) is 0.672. The summed E-state index contributed by atoms with van der Waals surface area (Å²) >= 11 is 0. The Kier molecular flexibility index (Phi) is 12.8. The first kappa shape index (κ1) is 22.7. The average molecular weight is 344 g/mol. The lowest BCUT2D eigenvalue weighted by Gasteiger charge is -2.05. The molecule has 0 aliphatic rings. The van der Waals surface area contributed by atoms with Crippen LogP contribution < -0.4 is 0 Å². The van der Waals surface area contributed by atoms with Crippen molar-refractivity contribution in [1.29, 1.82) is 0 Å². The second-order valence-corrected chi connectivity index (χ2v) is 5.17. The van der Waals surface area contributed by atoms with E-state index in [1.54, 1.807) is 24.3 Å². The Bertz CT molecular complexity index is 571. The van der Waals surface area contributed by atoms with Gasteiger partial charge in [-0.2, -0.15) is 0 Å². The third-order valence-electron chi connectivity index (χ3n) is 3.30. The highest BCUT2D eigenvalue weighted by Crippen LogP contribution is 2.11. The van der Waals surface area contributed by atoms with Crippen LogP contribution in [0.1, 0.15) is 57.2 Å². The summed E-state index contributed by atoms with van der Waals surface area (Å²) in [6, 6.07) is 15.0. The highest BCUT2D eigenvalue weighted by atomic mass is 16.5. The molecule has 2 aromatic rings. The minimum Gasteiger partial charge on any atom is -0.508 e. The Morgan fingerprint density at radius 3 is 1.96 bits per heavy atom. The molecule has 1 N–H and O–H groups in total. The van der Waals surface area contributed by atoms with Crippen molar-refractivity contribution in [1.82, 2.24) is 0 Å². The van der Waals surface area contributed by atoms with Gasteiger partial charge in [-0.25, -0.2) is 0 Å². The molecule has 0 amide bonds. The number of carbonyl (C=O) groups excluding carboxylic acids is 1. The molecule has 3 heteroatoms. The van der Waals surface area contributed by atoms with Crippen LogP contribution in [0.5, 0.6) is 5.75 Å². The van der Waals surface area contributed by atoms with Gasteiger partial charge in [0, 0.05) is 6.42 Å². The molecule has 0 spiro atoms. The van der Waals surface area contributed by atoms with Crippen molar-refractivity contribution >= 4 is 5.97 Å². The van der Waals surface area contributed by atoms with Gasteiger partial charge in [0.1, 0.15) is 12.4 Å². The molecule has 25 heavy (non-hydrogen) atoms. The SMILES string of the molecule is CC.CC.Cc1ccc(CCCC(=O)OCc2ccc(O)cc2)cc1. The smallest absolute Gasteiger partial charge is 0.306 e. The fraction of sp³-hybridized carbons (Fsp3) is 0.409. The normalized spacial score (nSPS) is 9.16. The van der Waals surface area contributed by atoms with Crippen molar-refractivity contribution in [3.63, 3.8) is 0 Å². The van der Waals surface area contributed by atoms with Crippen LogP contribution in [0.25, 0.3) is 0 Å². The number of esters is 1. The summed E-state index contributed by atoms with van der Waals surface area (Å²) in [5, 5.41) is 9.17. The molecule has 0 atom stereocenters. The van der Waals surface area contributed by atoms with Crippen LogP contribution in [-0.4, -0.2) is 11.1 Å². The largest absolute Gasteiger partial charge is 0.508 e. The molecule has 0 bridgehead atoms. The number of aryl methyl sites for hydroxylation is 2. The van der Waals surface area contributed by atoms with E-state index in [1.807, 2.05) is 27.7 Å². The number of phenols is 1. The van der Waals surface area contributed by atoms with Crippen molar-refractivity contribution in [3.8, 4) is 5.75 Å². The molecule has 3 nitrogen and oxygen atoms in total. The predicted octanol–water partition coefficient (Wildman–Crippen LogP) is 5.82. The summed E-state index contributed by atoms with van der Waals surface area (Å²) < 4.78 is 5.20. The molecule has 138 valence electrons. The summed E-state index contributed by atoms with van der Waals surface area (Å²) in [6.07, 6.45) is 2.10. The zero-order valence-electron chi connectivity index (χ0n) is 16.2. The van der Waals surface area contributed by atoms with Gasteiger partial charge in [0.2, 0.25) is 0 Å². The van der Waals surface area contributed by atoms with E-state index < -0.39 is 0 Å². The number of ether oxygens (including phenoxy) is 1. The molecule has 0 saturated heterocycles. The third kappa shape index (κ3) is 10.2. The Morgan fingerprint density at radius 1 is 0.880 bits per heavy atom. The van der Waals surface area contributed by atoms with Gasteiger partial charge in [-0.3, -0.25) is 4.79 Å². The standard InChI is InChI=1S/C18H20O3.2C2H6/c1-14-5-7-15(8-6-14)3-2-4-18(20)21-13-16-9-11-17(19)12-10-16;2*1-2/h5-12,19H,2-4,13H2,1H3;2*1-2H3. The van der Waals surface area contributed by atoms with E-state index in [1.165, 1.54) is 11.1 Å². The summed E-state index contributed by atoms with van der Waals surface area (Å²) in [5.41, 5.74) is 3.36. The highest BCUT2D eigenvalue weighted by Gasteiger charge is 2.04. The number of carbonyl (C=O) groups is 1. The van der Waals surface area contributed by atoms with Crippen LogP contribution in [0.2, 0.25) is 0 Å². The Balaban J connectivity index is 0.00000134. The fourth-order valence-electron chi connectivity index (χ4n) is 2.02. The van der Waals surface area contributed by atoms with Crippen molar-refractivity contribution in [2.75, 3.05) is 0 Å². The lowest BCUT2D eigenvalue weighted by molar-refractivity contribution is -0.145. The summed E-state index contributed by atoms with van der Waals surface area (Å²) in [5.74, 6) is 0.0263. The maximum atomic E-state index is 11.7. The van der Waals surface area contributed by atoms with Crippen LogP contribution in [-0.2, 0) is 22.6 Å². The molecule has 0 aliphatic carbocycles. The van der Waals surface area contributed by atoms with Gasteiger partial charge >= 0.3 is 5.97 Å². The lowest BCUT2D eigenvalue weighted by Crippen LogP contribution is -2.05. The average Bonchev–Trinajstić information content (AvgIpc) is 2.66. The van der Waals surface area contributed by atoms with Crippen LogP contribution in [0, 0.1) is 6.92 Å². The van der Waals surface area contributed by atoms with Crippen LogP contribution in [0.4, 0.5) is 0 Å². The van der Waals surface area contributed by atoms with Gasteiger partial charge in [-0.05, 0) is 43.0 Å². The van der Waals surface area contributed by atoms with Crippen molar-refractivity contribution in [3.05, 3.63) is 65.2 Å². The number of benzene rings is 2. The van der Waals surface area contributed by atoms with E-state index in [-0.39, 0.29) is 18.3 Å². The topological polar surface area (TPSA) is 46.5 Å². The van der Waals surface area contributed by atoms with Gasteiger partial charge in [0.25, 0.3) is 0 Å². The predicted molar refractivity (Wildman–Crippen MR) is 105 cm³/mol. The zero-order valence-corrected chi connectivity index (χ0v) is 16.2.